The van der Waals surface area contributed by atoms with Crippen LogP contribution in [0.25, 0.3) is 0 Å². The highest BCUT2D eigenvalue weighted by atomic mass is 32.2. The molecule has 2 rings (SSSR count). The predicted molar refractivity (Wildman–Crippen MR) is 77.8 cm³/mol. The van der Waals surface area contributed by atoms with E-state index in [0.717, 1.165) is 10.8 Å². The van der Waals surface area contributed by atoms with E-state index in [4.69, 9.17) is 5.73 Å². The van der Waals surface area contributed by atoms with Gasteiger partial charge in [0.25, 0.3) is 0 Å². The molecular weight excluding hydrogens is 240 g/mol. The number of nitrogens with zero attached hydrogens (tertiary/aromatic N) is 1. The van der Waals surface area contributed by atoms with Crippen LogP contribution < -0.4 is 5.73 Å². The Labute approximate surface area is 113 Å². The molecule has 0 saturated heterocycles. The summed E-state index contributed by atoms with van der Waals surface area (Å²) in [6.45, 7) is 4.24. The molecule has 0 amide bonds. The van der Waals surface area contributed by atoms with Gasteiger partial charge >= 0.3 is 0 Å². The van der Waals surface area contributed by atoms with Crippen molar-refractivity contribution in [2.75, 3.05) is 5.75 Å². The highest BCUT2D eigenvalue weighted by Gasteiger charge is 2.08. The second kappa shape index (κ2) is 6.03. The third-order valence-corrected chi connectivity index (χ3v) is 4.07. The number of benzene rings is 1. The molecule has 0 aliphatic carbocycles. The van der Waals surface area contributed by atoms with Crippen LogP contribution >= 0.6 is 11.8 Å². The van der Waals surface area contributed by atoms with E-state index in [1.54, 1.807) is 11.8 Å². The first kappa shape index (κ1) is 13.1. The quantitative estimate of drug-likeness (QED) is 0.853. The lowest BCUT2D eigenvalue weighted by atomic mass is 10.0. The van der Waals surface area contributed by atoms with Gasteiger partial charge in [-0.05, 0) is 42.7 Å². The fourth-order valence-corrected chi connectivity index (χ4v) is 2.55. The number of thioether (sulfide) groups is 1. The zero-order chi connectivity index (χ0) is 13.0. The molecule has 0 bridgehead atoms. The largest absolute Gasteiger partial charge is 0.323 e. The summed E-state index contributed by atoms with van der Waals surface area (Å²) < 4.78 is 0. The van der Waals surface area contributed by atoms with Crippen molar-refractivity contribution in [1.82, 2.24) is 4.98 Å². The van der Waals surface area contributed by atoms with Gasteiger partial charge in [0.1, 0.15) is 0 Å². The average Bonchev–Trinajstić information content (AvgIpc) is 2.40. The standard InChI is InChI=1S/C15H18N2S/c1-11-6-7-13(9-12(11)2)14(16)10-18-15-5-3-4-8-17-15/h3-9,14H,10,16H2,1-2H3. The summed E-state index contributed by atoms with van der Waals surface area (Å²) in [4.78, 5) is 4.28. The lowest BCUT2D eigenvalue weighted by molar-refractivity contribution is 0.828. The Morgan fingerprint density at radius 3 is 2.67 bits per heavy atom. The van der Waals surface area contributed by atoms with Crippen molar-refractivity contribution in [3.05, 3.63) is 59.3 Å². The van der Waals surface area contributed by atoms with E-state index >= 15 is 0 Å². The molecule has 3 heteroatoms. The van der Waals surface area contributed by atoms with Crippen LogP contribution in [-0.4, -0.2) is 10.7 Å². The third-order valence-electron chi connectivity index (χ3n) is 3.01. The van der Waals surface area contributed by atoms with Gasteiger partial charge in [0.2, 0.25) is 0 Å². The first-order valence-electron chi connectivity index (χ1n) is 6.03. The topological polar surface area (TPSA) is 38.9 Å². The SMILES string of the molecule is Cc1ccc(C(N)CSc2ccccn2)cc1C. The summed E-state index contributed by atoms with van der Waals surface area (Å²) in [6, 6.07) is 12.4. The van der Waals surface area contributed by atoms with Crippen molar-refractivity contribution >= 4 is 11.8 Å². The summed E-state index contributed by atoms with van der Waals surface area (Å²) in [5.74, 6) is 0.847. The second-order valence-corrected chi connectivity index (χ2v) is 5.47. The van der Waals surface area contributed by atoms with E-state index in [9.17, 15) is 0 Å². The summed E-state index contributed by atoms with van der Waals surface area (Å²) in [6.07, 6.45) is 1.81. The molecule has 1 unspecified atom stereocenters. The Hall–Kier alpha value is -1.32. The predicted octanol–water partition coefficient (Wildman–Crippen LogP) is 3.49. The van der Waals surface area contributed by atoms with Crippen molar-refractivity contribution in [3.63, 3.8) is 0 Å². The minimum atomic E-state index is 0.0521. The zero-order valence-corrected chi connectivity index (χ0v) is 11.6. The number of aryl methyl sites for hydroxylation is 2. The Morgan fingerprint density at radius 1 is 1.17 bits per heavy atom. The van der Waals surface area contributed by atoms with Crippen molar-refractivity contribution in [2.45, 2.75) is 24.9 Å². The Bertz CT molecular complexity index is 511. The fraction of sp³-hybridized carbons (Fsp3) is 0.267. The lowest BCUT2D eigenvalue weighted by Gasteiger charge is -2.13. The molecule has 0 saturated carbocycles. The second-order valence-electron chi connectivity index (χ2n) is 4.43. The number of aromatic nitrogens is 1. The smallest absolute Gasteiger partial charge is 0.0960 e. The molecule has 0 aliphatic heterocycles. The van der Waals surface area contributed by atoms with Crippen LogP contribution in [0.3, 0.4) is 0 Å². The van der Waals surface area contributed by atoms with E-state index in [-0.39, 0.29) is 6.04 Å². The van der Waals surface area contributed by atoms with Crippen molar-refractivity contribution in [3.8, 4) is 0 Å². The van der Waals surface area contributed by atoms with Gasteiger partial charge in [0, 0.05) is 18.0 Å². The van der Waals surface area contributed by atoms with Crippen LogP contribution in [0.15, 0.2) is 47.6 Å². The maximum absolute atomic E-state index is 6.21. The van der Waals surface area contributed by atoms with Crippen LogP contribution in [0.4, 0.5) is 0 Å². The average molecular weight is 258 g/mol. The molecule has 2 aromatic rings. The van der Waals surface area contributed by atoms with E-state index < -0.39 is 0 Å². The van der Waals surface area contributed by atoms with E-state index in [0.29, 0.717) is 0 Å². The normalized spacial score (nSPS) is 12.4. The van der Waals surface area contributed by atoms with Crippen molar-refractivity contribution in [2.24, 2.45) is 5.73 Å². The highest BCUT2D eigenvalue weighted by Crippen LogP contribution is 2.22. The third kappa shape index (κ3) is 3.34. The van der Waals surface area contributed by atoms with Gasteiger partial charge in [0.05, 0.1) is 5.03 Å². The minimum Gasteiger partial charge on any atom is -0.323 e. The molecule has 1 aromatic carbocycles. The molecule has 18 heavy (non-hydrogen) atoms. The van der Waals surface area contributed by atoms with Crippen LogP contribution in [-0.2, 0) is 0 Å². The Morgan fingerprint density at radius 2 is 2.00 bits per heavy atom. The summed E-state index contributed by atoms with van der Waals surface area (Å²) in [5, 5.41) is 1.02. The van der Waals surface area contributed by atoms with Gasteiger partial charge in [-0.3, -0.25) is 0 Å². The molecule has 2 N–H and O–H groups in total. The summed E-state index contributed by atoms with van der Waals surface area (Å²) in [5.41, 5.74) is 10.0. The highest BCUT2D eigenvalue weighted by molar-refractivity contribution is 7.99. The zero-order valence-electron chi connectivity index (χ0n) is 10.8. The maximum atomic E-state index is 6.21. The number of rotatable bonds is 4. The molecule has 1 aromatic heterocycles. The van der Waals surface area contributed by atoms with Gasteiger partial charge in [-0.25, -0.2) is 4.98 Å². The molecule has 1 heterocycles. The molecule has 2 nitrogen and oxygen atoms in total. The van der Waals surface area contributed by atoms with E-state index in [1.807, 2.05) is 24.4 Å². The number of hydrogen-bond acceptors (Lipinski definition) is 3. The molecule has 0 spiro atoms. The van der Waals surface area contributed by atoms with Gasteiger partial charge < -0.3 is 5.73 Å². The molecule has 94 valence electrons. The van der Waals surface area contributed by atoms with Crippen LogP contribution in [0.5, 0.6) is 0 Å². The number of pyridine rings is 1. The van der Waals surface area contributed by atoms with Crippen LogP contribution in [0.2, 0.25) is 0 Å². The molecule has 0 aliphatic rings. The Balaban J connectivity index is 1.99. The van der Waals surface area contributed by atoms with Gasteiger partial charge in [0.15, 0.2) is 0 Å². The van der Waals surface area contributed by atoms with Gasteiger partial charge in [-0.1, -0.05) is 24.3 Å². The van der Waals surface area contributed by atoms with Gasteiger partial charge in [-0.15, -0.1) is 11.8 Å². The first-order chi connectivity index (χ1) is 8.66. The summed E-state index contributed by atoms with van der Waals surface area (Å²) in [7, 11) is 0. The molecular formula is C15H18N2S. The molecule has 0 fully saturated rings. The first-order valence-corrected chi connectivity index (χ1v) is 7.02. The fourth-order valence-electron chi connectivity index (χ4n) is 1.70. The van der Waals surface area contributed by atoms with E-state index in [2.05, 4.69) is 37.0 Å². The van der Waals surface area contributed by atoms with Crippen LogP contribution in [0, 0.1) is 13.8 Å². The van der Waals surface area contributed by atoms with Crippen molar-refractivity contribution < 1.29 is 0 Å². The van der Waals surface area contributed by atoms with E-state index in [1.165, 1.54) is 16.7 Å². The minimum absolute atomic E-state index is 0.0521. The maximum Gasteiger partial charge on any atom is 0.0960 e. The Kier molecular flexibility index (Phi) is 4.39. The molecule has 0 radical (unpaired) electrons. The van der Waals surface area contributed by atoms with Crippen LogP contribution in [0.1, 0.15) is 22.7 Å². The number of hydrogen-bond donors (Lipinski definition) is 1. The van der Waals surface area contributed by atoms with Gasteiger partial charge in [-0.2, -0.15) is 0 Å². The number of nitrogens with two attached hydrogens (primary N) is 1. The lowest BCUT2D eigenvalue weighted by Crippen LogP contribution is -2.13. The monoisotopic (exact) mass is 258 g/mol. The van der Waals surface area contributed by atoms with Crippen molar-refractivity contribution in [1.29, 1.82) is 0 Å². The summed E-state index contributed by atoms with van der Waals surface area (Å²) >= 11 is 1.70. The molecule has 1 atom stereocenters.